The lowest BCUT2D eigenvalue weighted by molar-refractivity contribution is 0.394. The molecule has 0 aliphatic heterocycles. The van der Waals surface area contributed by atoms with Gasteiger partial charge >= 0.3 is 0 Å². The molecular formula is C17H23N3O. The normalized spacial score (nSPS) is 12.2. The van der Waals surface area contributed by atoms with Crippen LogP contribution in [0.4, 0.5) is 5.82 Å². The summed E-state index contributed by atoms with van der Waals surface area (Å²) >= 11 is 0. The number of benzene rings is 1. The third-order valence-corrected chi connectivity index (χ3v) is 3.21. The van der Waals surface area contributed by atoms with E-state index in [9.17, 15) is 0 Å². The molecule has 21 heavy (non-hydrogen) atoms. The standard InChI is InChI=1S/C17H23N3O/c1-12(2)10-15-19-16(11-17(20-15)21-4)18-13(3)14-8-6-5-7-9-14/h5-9,11-13H,10H2,1-4H3,(H,18,19,20). The number of rotatable bonds is 6. The molecule has 0 spiro atoms. The van der Waals surface area contributed by atoms with Gasteiger partial charge in [0.1, 0.15) is 11.6 Å². The maximum absolute atomic E-state index is 5.27. The van der Waals surface area contributed by atoms with Crippen LogP contribution in [0.25, 0.3) is 0 Å². The molecule has 1 atom stereocenters. The van der Waals surface area contributed by atoms with Gasteiger partial charge in [-0.25, -0.2) is 4.98 Å². The Labute approximate surface area is 126 Å². The van der Waals surface area contributed by atoms with Gasteiger partial charge in [0, 0.05) is 18.5 Å². The fourth-order valence-corrected chi connectivity index (χ4v) is 2.15. The molecule has 0 aliphatic rings. The minimum Gasteiger partial charge on any atom is -0.481 e. The van der Waals surface area contributed by atoms with Crippen LogP contribution in [0.15, 0.2) is 36.4 Å². The Kier molecular flexibility index (Phi) is 5.14. The maximum atomic E-state index is 5.27. The first-order valence-electron chi connectivity index (χ1n) is 7.32. The van der Waals surface area contributed by atoms with Crippen LogP contribution >= 0.6 is 0 Å². The first-order chi connectivity index (χ1) is 10.1. The lowest BCUT2D eigenvalue weighted by Gasteiger charge is -2.16. The average molecular weight is 285 g/mol. The van der Waals surface area contributed by atoms with E-state index < -0.39 is 0 Å². The number of nitrogens with one attached hydrogen (secondary N) is 1. The summed E-state index contributed by atoms with van der Waals surface area (Å²) in [7, 11) is 1.63. The summed E-state index contributed by atoms with van der Waals surface area (Å²) in [4.78, 5) is 8.98. The van der Waals surface area contributed by atoms with Gasteiger partial charge in [-0.3, -0.25) is 0 Å². The van der Waals surface area contributed by atoms with Gasteiger partial charge in [0.25, 0.3) is 0 Å². The second-order valence-corrected chi connectivity index (χ2v) is 5.59. The zero-order valence-electron chi connectivity index (χ0n) is 13.1. The van der Waals surface area contributed by atoms with Gasteiger partial charge in [-0.05, 0) is 18.4 Å². The zero-order valence-corrected chi connectivity index (χ0v) is 13.1. The van der Waals surface area contributed by atoms with E-state index in [4.69, 9.17) is 4.74 Å². The summed E-state index contributed by atoms with van der Waals surface area (Å²) in [5.74, 6) is 2.72. The predicted molar refractivity (Wildman–Crippen MR) is 85.6 cm³/mol. The molecule has 0 saturated carbocycles. The fraction of sp³-hybridized carbons (Fsp3) is 0.412. The van der Waals surface area contributed by atoms with Crippen LogP contribution in [-0.2, 0) is 6.42 Å². The van der Waals surface area contributed by atoms with Crippen LogP contribution in [0.3, 0.4) is 0 Å². The Bertz CT molecular complexity index is 570. The first-order valence-corrected chi connectivity index (χ1v) is 7.32. The van der Waals surface area contributed by atoms with E-state index in [1.54, 1.807) is 7.11 Å². The molecule has 0 radical (unpaired) electrons. The lowest BCUT2D eigenvalue weighted by Crippen LogP contribution is -2.11. The van der Waals surface area contributed by atoms with Gasteiger partial charge < -0.3 is 10.1 Å². The van der Waals surface area contributed by atoms with Crippen molar-refractivity contribution in [3.8, 4) is 5.88 Å². The van der Waals surface area contributed by atoms with E-state index in [0.717, 1.165) is 18.1 Å². The Balaban J connectivity index is 2.18. The summed E-state index contributed by atoms with van der Waals surface area (Å²) in [6.07, 6.45) is 0.839. The van der Waals surface area contributed by atoms with Crippen molar-refractivity contribution < 1.29 is 4.74 Å². The summed E-state index contributed by atoms with van der Waals surface area (Å²) in [6, 6.07) is 12.3. The molecule has 1 N–H and O–H groups in total. The number of aromatic nitrogens is 2. The summed E-state index contributed by atoms with van der Waals surface area (Å²) in [5, 5.41) is 3.42. The van der Waals surface area contributed by atoms with E-state index >= 15 is 0 Å². The summed E-state index contributed by atoms with van der Waals surface area (Å²) < 4.78 is 5.27. The molecule has 2 aromatic rings. The molecule has 0 aliphatic carbocycles. The molecule has 1 aromatic carbocycles. The molecule has 2 rings (SSSR count). The molecule has 1 aromatic heterocycles. The average Bonchev–Trinajstić information content (AvgIpc) is 2.47. The van der Waals surface area contributed by atoms with Gasteiger partial charge in [-0.15, -0.1) is 0 Å². The third-order valence-electron chi connectivity index (χ3n) is 3.21. The van der Waals surface area contributed by atoms with Crippen LogP contribution in [0.5, 0.6) is 5.88 Å². The van der Waals surface area contributed by atoms with E-state index in [1.807, 2.05) is 24.3 Å². The molecular weight excluding hydrogens is 262 g/mol. The van der Waals surface area contributed by atoms with Crippen molar-refractivity contribution in [3.63, 3.8) is 0 Å². The molecule has 0 fully saturated rings. The van der Waals surface area contributed by atoms with Crippen molar-refractivity contribution in [1.29, 1.82) is 0 Å². The number of anilines is 1. The Morgan fingerprint density at radius 1 is 1.10 bits per heavy atom. The molecule has 112 valence electrons. The molecule has 0 amide bonds. The zero-order chi connectivity index (χ0) is 15.2. The predicted octanol–water partition coefficient (Wildman–Crippen LogP) is 3.86. The monoisotopic (exact) mass is 285 g/mol. The van der Waals surface area contributed by atoms with Gasteiger partial charge in [0.05, 0.1) is 7.11 Å². The molecule has 0 bridgehead atoms. The van der Waals surface area contributed by atoms with E-state index in [0.29, 0.717) is 11.8 Å². The second-order valence-electron chi connectivity index (χ2n) is 5.59. The Morgan fingerprint density at radius 2 is 1.81 bits per heavy atom. The maximum Gasteiger partial charge on any atom is 0.218 e. The summed E-state index contributed by atoms with van der Waals surface area (Å²) in [6.45, 7) is 6.43. The largest absolute Gasteiger partial charge is 0.481 e. The highest BCUT2D eigenvalue weighted by Crippen LogP contribution is 2.21. The third kappa shape index (κ3) is 4.45. The van der Waals surface area contributed by atoms with Crippen LogP contribution in [0.2, 0.25) is 0 Å². The number of ether oxygens (including phenoxy) is 1. The van der Waals surface area contributed by atoms with Gasteiger partial charge in [0.15, 0.2) is 0 Å². The Hall–Kier alpha value is -2.10. The molecule has 1 unspecified atom stereocenters. The first kappa shape index (κ1) is 15.3. The minimum atomic E-state index is 0.178. The highest BCUT2D eigenvalue weighted by atomic mass is 16.5. The second kappa shape index (κ2) is 7.07. The van der Waals surface area contributed by atoms with Crippen LogP contribution < -0.4 is 10.1 Å². The Morgan fingerprint density at radius 3 is 2.43 bits per heavy atom. The topological polar surface area (TPSA) is 47.0 Å². The van der Waals surface area contributed by atoms with Crippen LogP contribution in [0, 0.1) is 5.92 Å². The smallest absolute Gasteiger partial charge is 0.218 e. The lowest BCUT2D eigenvalue weighted by atomic mass is 10.1. The molecule has 4 nitrogen and oxygen atoms in total. The van der Waals surface area contributed by atoms with Gasteiger partial charge in [-0.2, -0.15) is 4.98 Å². The van der Waals surface area contributed by atoms with Crippen molar-refractivity contribution >= 4 is 5.82 Å². The van der Waals surface area contributed by atoms with Gasteiger partial charge in [0.2, 0.25) is 5.88 Å². The number of hydrogen-bond acceptors (Lipinski definition) is 4. The highest BCUT2D eigenvalue weighted by Gasteiger charge is 2.10. The van der Waals surface area contributed by atoms with Crippen molar-refractivity contribution in [2.24, 2.45) is 5.92 Å². The van der Waals surface area contributed by atoms with E-state index in [1.165, 1.54) is 5.56 Å². The van der Waals surface area contributed by atoms with Crippen LogP contribution in [0.1, 0.15) is 38.2 Å². The minimum absolute atomic E-state index is 0.178. The SMILES string of the molecule is COc1cc(NC(C)c2ccccc2)nc(CC(C)C)n1. The number of nitrogens with zero attached hydrogens (tertiary/aromatic N) is 2. The fourth-order valence-electron chi connectivity index (χ4n) is 2.15. The number of methoxy groups -OCH3 is 1. The summed E-state index contributed by atoms with van der Waals surface area (Å²) in [5.41, 5.74) is 1.22. The van der Waals surface area contributed by atoms with Crippen molar-refractivity contribution in [3.05, 3.63) is 47.8 Å². The van der Waals surface area contributed by atoms with Crippen molar-refractivity contribution in [2.75, 3.05) is 12.4 Å². The van der Waals surface area contributed by atoms with Crippen molar-refractivity contribution in [2.45, 2.75) is 33.2 Å². The molecule has 0 saturated heterocycles. The molecule has 1 heterocycles. The number of hydrogen-bond donors (Lipinski definition) is 1. The van der Waals surface area contributed by atoms with Gasteiger partial charge in [-0.1, -0.05) is 44.2 Å². The quantitative estimate of drug-likeness (QED) is 0.875. The van der Waals surface area contributed by atoms with Crippen molar-refractivity contribution in [1.82, 2.24) is 9.97 Å². The highest BCUT2D eigenvalue weighted by molar-refractivity contribution is 5.41. The molecule has 4 heteroatoms. The van der Waals surface area contributed by atoms with Crippen LogP contribution in [-0.4, -0.2) is 17.1 Å². The van der Waals surface area contributed by atoms with E-state index in [2.05, 4.69) is 48.2 Å². The van der Waals surface area contributed by atoms with E-state index in [-0.39, 0.29) is 6.04 Å².